The number of pyridine rings is 1. The van der Waals surface area contributed by atoms with Crippen LogP contribution in [-0.4, -0.2) is 5.91 Å². The van der Waals surface area contributed by atoms with Gasteiger partial charge in [-0.2, -0.15) is 4.73 Å². The molecule has 1 heterocycles. The van der Waals surface area contributed by atoms with Crippen LogP contribution in [0.5, 0.6) is 0 Å². The summed E-state index contributed by atoms with van der Waals surface area (Å²) in [6.07, 6.45) is 0.822. The second-order valence-electron chi connectivity index (χ2n) is 5.43. The standard InChI is InChI=1S/C19H14ClFN2O2/c20-16-6-4-13(5-7-16)14-2-1-3-15(10-14)19(24)22-11-18-9-8-17(21)12-23(18)25/h1-10,12H,11H2,(H,22,24). The number of amides is 1. The van der Waals surface area contributed by atoms with Gasteiger partial charge in [0, 0.05) is 16.7 Å². The molecule has 0 aliphatic rings. The third kappa shape index (κ3) is 4.14. The molecule has 2 aromatic carbocycles. The number of nitrogens with zero attached hydrogens (tertiary/aromatic N) is 1. The van der Waals surface area contributed by atoms with Gasteiger partial charge < -0.3 is 10.5 Å². The van der Waals surface area contributed by atoms with E-state index in [1.165, 1.54) is 12.1 Å². The van der Waals surface area contributed by atoms with Crippen molar-refractivity contribution in [2.75, 3.05) is 0 Å². The van der Waals surface area contributed by atoms with Crippen LogP contribution < -0.4 is 10.0 Å². The number of rotatable bonds is 4. The zero-order chi connectivity index (χ0) is 17.8. The number of nitrogens with one attached hydrogen (secondary N) is 1. The van der Waals surface area contributed by atoms with Crippen molar-refractivity contribution in [2.45, 2.75) is 6.54 Å². The molecule has 0 atom stereocenters. The van der Waals surface area contributed by atoms with Gasteiger partial charge in [0.25, 0.3) is 5.91 Å². The van der Waals surface area contributed by atoms with Gasteiger partial charge >= 0.3 is 0 Å². The Labute approximate surface area is 149 Å². The van der Waals surface area contributed by atoms with Crippen molar-refractivity contribution in [1.29, 1.82) is 0 Å². The predicted molar refractivity (Wildman–Crippen MR) is 93.4 cm³/mol. The highest BCUT2D eigenvalue weighted by Crippen LogP contribution is 2.22. The van der Waals surface area contributed by atoms with Crippen LogP contribution >= 0.6 is 11.6 Å². The lowest BCUT2D eigenvalue weighted by atomic mass is 10.0. The number of carbonyl (C=O) groups is 1. The maximum absolute atomic E-state index is 12.9. The van der Waals surface area contributed by atoms with E-state index < -0.39 is 5.82 Å². The zero-order valence-electron chi connectivity index (χ0n) is 13.1. The van der Waals surface area contributed by atoms with E-state index >= 15 is 0 Å². The van der Waals surface area contributed by atoms with E-state index in [1.54, 1.807) is 30.3 Å². The number of hydrogen-bond acceptors (Lipinski definition) is 2. The topological polar surface area (TPSA) is 56.0 Å². The number of hydrogen-bond donors (Lipinski definition) is 1. The first kappa shape index (κ1) is 16.9. The first-order valence-electron chi connectivity index (χ1n) is 7.55. The van der Waals surface area contributed by atoms with Gasteiger partial charge in [0.2, 0.25) is 11.9 Å². The largest absolute Gasteiger partial charge is 0.618 e. The number of halogens is 2. The molecule has 0 saturated heterocycles. The maximum atomic E-state index is 12.9. The Morgan fingerprint density at radius 2 is 1.84 bits per heavy atom. The minimum absolute atomic E-state index is 0.00772. The van der Waals surface area contributed by atoms with Crippen molar-refractivity contribution in [1.82, 2.24) is 5.32 Å². The van der Waals surface area contributed by atoms with E-state index in [0.717, 1.165) is 17.3 Å². The first-order chi connectivity index (χ1) is 12.0. The summed E-state index contributed by atoms with van der Waals surface area (Å²) in [6, 6.07) is 17.0. The molecule has 0 spiro atoms. The van der Waals surface area contributed by atoms with E-state index in [2.05, 4.69) is 5.32 Å². The highest BCUT2D eigenvalue weighted by atomic mass is 35.5. The zero-order valence-corrected chi connectivity index (χ0v) is 13.8. The van der Waals surface area contributed by atoms with Crippen molar-refractivity contribution in [2.24, 2.45) is 0 Å². The molecule has 4 nitrogen and oxygen atoms in total. The predicted octanol–water partition coefficient (Wildman–Crippen LogP) is 3.71. The summed E-state index contributed by atoms with van der Waals surface area (Å²) >= 11 is 5.89. The molecular weight excluding hydrogens is 343 g/mol. The lowest BCUT2D eigenvalue weighted by molar-refractivity contribution is -0.615. The summed E-state index contributed by atoms with van der Waals surface area (Å²) < 4.78 is 13.3. The van der Waals surface area contributed by atoms with Gasteiger partial charge in [-0.3, -0.25) is 4.79 Å². The summed E-state index contributed by atoms with van der Waals surface area (Å²) in [5, 5.41) is 14.9. The van der Waals surface area contributed by atoms with Crippen LogP contribution in [0.25, 0.3) is 11.1 Å². The third-order valence-electron chi connectivity index (χ3n) is 3.69. The van der Waals surface area contributed by atoms with Gasteiger partial charge in [-0.15, -0.1) is 0 Å². The van der Waals surface area contributed by atoms with Crippen LogP contribution in [0.3, 0.4) is 0 Å². The quantitative estimate of drug-likeness (QED) is 0.572. The Bertz CT molecular complexity index is 914. The van der Waals surface area contributed by atoms with Crippen molar-refractivity contribution in [3.63, 3.8) is 0 Å². The molecule has 3 rings (SSSR count). The molecule has 1 aromatic heterocycles. The normalized spacial score (nSPS) is 10.5. The number of benzene rings is 2. The molecule has 3 aromatic rings. The Hall–Kier alpha value is -2.92. The first-order valence-corrected chi connectivity index (χ1v) is 7.92. The molecule has 0 radical (unpaired) electrons. The lowest BCUT2D eigenvalue weighted by Gasteiger charge is -2.08. The Morgan fingerprint density at radius 1 is 1.08 bits per heavy atom. The summed E-state index contributed by atoms with van der Waals surface area (Å²) in [6.45, 7) is 0.00772. The molecular formula is C19H14ClFN2O2. The van der Waals surface area contributed by atoms with Crippen molar-refractivity contribution < 1.29 is 13.9 Å². The average molecular weight is 357 g/mol. The van der Waals surface area contributed by atoms with Gasteiger partial charge in [-0.25, -0.2) is 4.39 Å². The fraction of sp³-hybridized carbons (Fsp3) is 0.0526. The molecule has 0 aliphatic carbocycles. The Kier molecular flexibility index (Phi) is 4.95. The second-order valence-corrected chi connectivity index (χ2v) is 5.87. The molecule has 0 unspecified atom stereocenters. The highest BCUT2D eigenvalue weighted by Gasteiger charge is 2.11. The van der Waals surface area contributed by atoms with E-state index in [4.69, 9.17) is 11.6 Å². The molecule has 126 valence electrons. The average Bonchev–Trinajstić information content (AvgIpc) is 2.61. The Balaban J connectivity index is 1.74. The van der Waals surface area contributed by atoms with Gasteiger partial charge in [-0.1, -0.05) is 35.9 Å². The minimum atomic E-state index is -0.624. The molecule has 0 fully saturated rings. The van der Waals surface area contributed by atoms with E-state index in [0.29, 0.717) is 15.3 Å². The summed E-state index contributed by atoms with van der Waals surface area (Å²) in [5.41, 5.74) is 2.54. The van der Waals surface area contributed by atoms with E-state index in [1.807, 2.05) is 18.2 Å². The molecule has 1 N–H and O–H groups in total. The molecule has 0 aliphatic heterocycles. The van der Waals surface area contributed by atoms with E-state index in [9.17, 15) is 14.4 Å². The molecule has 1 amide bonds. The fourth-order valence-electron chi connectivity index (χ4n) is 2.38. The van der Waals surface area contributed by atoms with Crippen molar-refractivity contribution >= 4 is 17.5 Å². The van der Waals surface area contributed by atoms with Gasteiger partial charge in [-0.05, 0) is 41.5 Å². The highest BCUT2D eigenvalue weighted by molar-refractivity contribution is 6.30. The van der Waals surface area contributed by atoms with Crippen LogP contribution in [0.1, 0.15) is 16.1 Å². The molecule has 25 heavy (non-hydrogen) atoms. The lowest BCUT2D eigenvalue weighted by Crippen LogP contribution is -2.36. The number of aromatic nitrogens is 1. The summed E-state index contributed by atoms with van der Waals surface area (Å²) in [4.78, 5) is 12.3. The third-order valence-corrected chi connectivity index (χ3v) is 3.94. The minimum Gasteiger partial charge on any atom is -0.618 e. The summed E-state index contributed by atoms with van der Waals surface area (Å²) in [7, 11) is 0. The van der Waals surface area contributed by atoms with Crippen LogP contribution in [0.2, 0.25) is 5.02 Å². The van der Waals surface area contributed by atoms with Crippen LogP contribution in [0.15, 0.2) is 66.9 Å². The molecule has 0 saturated carbocycles. The van der Waals surface area contributed by atoms with Crippen LogP contribution in [0.4, 0.5) is 4.39 Å². The second kappa shape index (κ2) is 7.32. The van der Waals surface area contributed by atoms with Crippen molar-refractivity contribution in [3.05, 3.63) is 94.2 Å². The van der Waals surface area contributed by atoms with Crippen molar-refractivity contribution in [3.8, 4) is 11.1 Å². The van der Waals surface area contributed by atoms with Crippen LogP contribution in [-0.2, 0) is 6.54 Å². The fourth-order valence-corrected chi connectivity index (χ4v) is 2.51. The van der Waals surface area contributed by atoms with Crippen LogP contribution in [0, 0.1) is 11.0 Å². The SMILES string of the molecule is O=C(NCc1ccc(F)c[n+]1[O-])c1cccc(-c2ccc(Cl)cc2)c1. The van der Waals surface area contributed by atoms with Gasteiger partial charge in [0.1, 0.15) is 6.54 Å². The maximum Gasteiger partial charge on any atom is 0.251 e. The Morgan fingerprint density at radius 3 is 2.56 bits per heavy atom. The van der Waals surface area contributed by atoms with E-state index in [-0.39, 0.29) is 18.1 Å². The summed E-state index contributed by atoms with van der Waals surface area (Å²) in [5.74, 6) is -0.944. The molecule has 0 bridgehead atoms. The van der Waals surface area contributed by atoms with Gasteiger partial charge in [0.05, 0.1) is 0 Å². The smallest absolute Gasteiger partial charge is 0.251 e. The van der Waals surface area contributed by atoms with Gasteiger partial charge in [0.15, 0.2) is 5.82 Å². The molecule has 6 heteroatoms. The monoisotopic (exact) mass is 356 g/mol. The number of carbonyl (C=O) groups excluding carboxylic acids is 1.